The summed E-state index contributed by atoms with van der Waals surface area (Å²) in [5.41, 5.74) is 2.03. The van der Waals surface area contributed by atoms with Crippen LogP contribution in [0.3, 0.4) is 0 Å². The van der Waals surface area contributed by atoms with Gasteiger partial charge >= 0.3 is 0 Å². The highest BCUT2D eigenvalue weighted by molar-refractivity contribution is 7.18. The Labute approximate surface area is 180 Å². The normalized spacial score (nSPS) is 14.3. The molecule has 2 aromatic heterocycles. The lowest BCUT2D eigenvalue weighted by atomic mass is 10.1. The molecule has 3 aromatic rings. The summed E-state index contributed by atoms with van der Waals surface area (Å²) in [6.07, 6.45) is 3.06. The molecular formula is C22H27ClN4OS. The van der Waals surface area contributed by atoms with Gasteiger partial charge in [-0.25, -0.2) is 9.55 Å². The zero-order valence-corrected chi connectivity index (χ0v) is 18.8. The summed E-state index contributed by atoms with van der Waals surface area (Å²) in [6.45, 7) is 7.84. The van der Waals surface area contributed by atoms with E-state index in [1.54, 1.807) is 15.9 Å². The van der Waals surface area contributed by atoms with Crippen molar-refractivity contribution < 1.29 is 0 Å². The molecule has 0 saturated carbocycles. The minimum absolute atomic E-state index is 0.0318. The third-order valence-corrected chi connectivity index (χ3v) is 6.94. The molecule has 0 saturated heterocycles. The Bertz CT molecular complexity index is 1070. The molecule has 154 valence electrons. The Morgan fingerprint density at radius 3 is 2.69 bits per heavy atom. The Morgan fingerprint density at radius 1 is 1.24 bits per heavy atom. The zero-order chi connectivity index (χ0) is 20.5. The van der Waals surface area contributed by atoms with Crippen molar-refractivity contribution in [2.75, 3.05) is 31.6 Å². The van der Waals surface area contributed by atoms with E-state index < -0.39 is 0 Å². The molecule has 3 heterocycles. The second kappa shape index (κ2) is 8.46. The quantitative estimate of drug-likeness (QED) is 0.567. The maximum atomic E-state index is 13.8. The smallest absolute Gasteiger partial charge is 0.268 e. The maximum Gasteiger partial charge on any atom is 0.268 e. The van der Waals surface area contributed by atoms with Crippen LogP contribution in [0.1, 0.15) is 37.1 Å². The highest BCUT2D eigenvalue weighted by atomic mass is 35.5. The maximum absolute atomic E-state index is 13.8. The molecule has 4 rings (SSSR count). The molecule has 0 amide bonds. The van der Waals surface area contributed by atoms with Crippen molar-refractivity contribution in [2.24, 2.45) is 0 Å². The number of aromatic nitrogens is 2. The molecule has 0 N–H and O–H groups in total. The van der Waals surface area contributed by atoms with Gasteiger partial charge in [0, 0.05) is 36.1 Å². The molecule has 0 unspecified atom stereocenters. The first-order valence-electron chi connectivity index (χ1n) is 10.3. The largest absolute Gasteiger partial charge is 0.342 e. The predicted octanol–water partition coefficient (Wildman–Crippen LogP) is 4.71. The summed E-state index contributed by atoms with van der Waals surface area (Å²) in [6, 6.07) is 7.47. The van der Waals surface area contributed by atoms with Gasteiger partial charge in [-0.15, -0.1) is 11.3 Å². The molecule has 1 aromatic carbocycles. The number of benzene rings is 1. The molecule has 29 heavy (non-hydrogen) atoms. The standard InChI is InChI=1S/C22H27ClN4OS/c1-4-6-12-26(5-2)22-24-20-19(17-11-13-25(3)14-18(17)29-20)21(28)27(22)16-9-7-15(23)8-10-16/h7-10H,4-6,11-14H2,1-3H3. The number of unbranched alkanes of at least 4 members (excludes halogenated alkanes) is 1. The van der Waals surface area contributed by atoms with E-state index in [1.807, 2.05) is 24.3 Å². The lowest BCUT2D eigenvalue weighted by molar-refractivity contribution is 0.318. The lowest BCUT2D eigenvalue weighted by Gasteiger charge is -2.25. The van der Waals surface area contributed by atoms with Gasteiger partial charge in [0.25, 0.3) is 5.56 Å². The fraction of sp³-hybridized carbons (Fsp3) is 0.455. The van der Waals surface area contributed by atoms with Crippen LogP contribution in [0.2, 0.25) is 5.02 Å². The van der Waals surface area contributed by atoms with Crippen LogP contribution in [0.4, 0.5) is 5.95 Å². The van der Waals surface area contributed by atoms with Crippen LogP contribution in [0, 0.1) is 0 Å². The van der Waals surface area contributed by atoms with Crippen LogP contribution in [-0.4, -0.2) is 41.1 Å². The van der Waals surface area contributed by atoms with E-state index in [-0.39, 0.29) is 5.56 Å². The third kappa shape index (κ3) is 3.81. The summed E-state index contributed by atoms with van der Waals surface area (Å²) < 4.78 is 1.78. The Hall–Kier alpha value is -1.89. The summed E-state index contributed by atoms with van der Waals surface area (Å²) in [5.74, 6) is 0.729. The molecule has 7 heteroatoms. The highest BCUT2D eigenvalue weighted by Gasteiger charge is 2.25. The van der Waals surface area contributed by atoms with Gasteiger partial charge < -0.3 is 9.80 Å². The molecule has 0 aliphatic carbocycles. The van der Waals surface area contributed by atoms with E-state index >= 15 is 0 Å². The van der Waals surface area contributed by atoms with Gasteiger partial charge in [-0.3, -0.25) is 4.79 Å². The molecule has 1 aliphatic heterocycles. The van der Waals surface area contributed by atoms with E-state index in [2.05, 4.69) is 30.7 Å². The molecule has 5 nitrogen and oxygen atoms in total. The van der Waals surface area contributed by atoms with Gasteiger partial charge in [-0.2, -0.15) is 0 Å². The molecule has 1 aliphatic rings. The highest BCUT2D eigenvalue weighted by Crippen LogP contribution is 2.34. The number of nitrogens with zero attached hydrogens (tertiary/aromatic N) is 4. The number of hydrogen-bond acceptors (Lipinski definition) is 5. The van der Waals surface area contributed by atoms with Crippen molar-refractivity contribution in [2.45, 2.75) is 39.7 Å². The number of rotatable bonds is 6. The van der Waals surface area contributed by atoms with E-state index in [9.17, 15) is 4.79 Å². The first kappa shape index (κ1) is 20.4. The molecular weight excluding hydrogens is 404 g/mol. The topological polar surface area (TPSA) is 41.4 Å². The van der Waals surface area contributed by atoms with Crippen LogP contribution >= 0.6 is 22.9 Å². The van der Waals surface area contributed by atoms with Gasteiger partial charge in [-0.1, -0.05) is 24.9 Å². The van der Waals surface area contributed by atoms with E-state index in [0.29, 0.717) is 5.02 Å². The van der Waals surface area contributed by atoms with Gasteiger partial charge in [0.2, 0.25) is 5.95 Å². The van der Waals surface area contributed by atoms with Crippen molar-refractivity contribution >= 4 is 39.1 Å². The summed E-state index contributed by atoms with van der Waals surface area (Å²) >= 11 is 7.78. The number of fused-ring (bicyclic) bond motifs is 3. The van der Waals surface area contributed by atoms with Crippen LogP contribution in [0.5, 0.6) is 0 Å². The molecule has 0 atom stereocenters. The van der Waals surface area contributed by atoms with Gasteiger partial charge in [0.15, 0.2) is 0 Å². The van der Waals surface area contributed by atoms with Crippen molar-refractivity contribution in [1.82, 2.24) is 14.5 Å². The molecule has 0 fully saturated rings. The van der Waals surface area contributed by atoms with E-state index in [4.69, 9.17) is 16.6 Å². The Kier molecular flexibility index (Phi) is 5.95. The van der Waals surface area contributed by atoms with Crippen molar-refractivity contribution in [1.29, 1.82) is 0 Å². The van der Waals surface area contributed by atoms with Gasteiger partial charge in [-0.05, 0) is 56.6 Å². The molecule has 0 bridgehead atoms. The number of anilines is 1. The lowest BCUT2D eigenvalue weighted by Crippen LogP contribution is -2.33. The first-order valence-corrected chi connectivity index (χ1v) is 11.5. The summed E-state index contributed by atoms with van der Waals surface area (Å²) in [4.78, 5) is 25.5. The van der Waals surface area contributed by atoms with E-state index in [0.717, 1.165) is 67.3 Å². The minimum Gasteiger partial charge on any atom is -0.342 e. The van der Waals surface area contributed by atoms with Gasteiger partial charge in [0.05, 0.1) is 11.1 Å². The minimum atomic E-state index is 0.0318. The fourth-order valence-corrected chi connectivity index (χ4v) is 5.35. The van der Waals surface area contributed by atoms with Crippen LogP contribution < -0.4 is 10.5 Å². The van der Waals surface area contributed by atoms with Gasteiger partial charge in [0.1, 0.15) is 4.83 Å². The van der Waals surface area contributed by atoms with Crippen LogP contribution in [0.15, 0.2) is 29.1 Å². The number of hydrogen-bond donors (Lipinski definition) is 0. The Balaban J connectivity index is 1.97. The van der Waals surface area contributed by atoms with E-state index in [1.165, 1.54) is 10.4 Å². The average molecular weight is 431 g/mol. The van der Waals surface area contributed by atoms with Crippen molar-refractivity contribution in [3.8, 4) is 5.69 Å². The molecule has 0 spiro atoms. The number of halogens is 1. The third-order valence-electron chi connectivity index (χ3n) is 5.58. The average Bonchev–Trinajstić information content (AvgIpc) is 3.07. The second-order valence-corrected chi connectivity index (χ2v) is 9.15. The fourth-order valence-electron chi connectivity index (χ4n) is 3.94. The molecule has 0 radical (unpaired) electrons. The summed E-state index contributed by atoms with van der Waals surface area (Å²) in [5, 5.41) is 1.45. The van der Waals surface area contributed by atoms with Crippen LogP contribution in [0.25, 0.3) is 15.9 Å². The Morgan fingerprint density at radius 2 is 2.00 bits per heavy atom. The monoisotopic (exact) mass is 430 g/mol. The van der Waals surface area contributed by atoms with Crippen LogP contribution in [-0.2, 0) is 13.0 Å². The summed E-state index contributed by atoms with van der Waals surface area (Å²) in [7, 11) is 2.13. The number of likely N-dealkylation sites (N-methyl/N-ethyl adjacent to an activating group) is 1. The first-order chi connectivity index (χ1) is 14.0. The van der Waals surface area contributed by atoms with Crippen molar-refractivity contribution in [3.63, 3.8) is 0 Å². The van der Waals surface area contributed by atoms with Crippen molar-refractivity contribution in [3.05, 3.63) is 50.1 Å². The SMILES string of the molecule is CCCCN(CC)c1nc2sc3c(c2c(=O)n1-c1ccc(Cl)cc1)CCN(C)C3. The second-order valence-electron chi connectivity index (χ2n) is 7.63. The predicted molar refractivity (Wildman–Crippen MR) is 123 cm³/mol. The zero-order valence-electron chi connectivity index (χ0n) is 17.2. The number of thiophene rings is 1.